The molecule has 0 fully saturated rings. The van der Waals surface area contributed by atoms with Crippen LogP contribution < -0.4 is 22.9 Å². The Morgan fingerprint density at radius 1 is 0.618 bits per heavy atom. The van der Waals surface area contributed by atoms with E-state index in [1.165, 1.54) is 0 Å². The van der Waals surface area contributed by atoms with Gasteiger partial charge in [0.15, 0.2) is 0 Å². The number of carbonyl (C=O) groups is 4. The third-order valence-electron chi connectivity index (χ3n) is 4.14. The fourth-order valence-corrected chi connectivity index (χ4v) is 1.79. The number of nitrogens with two attached hydrogens (primary N) is 4. The number of rotatable bonds is 11. The van der Waals surface area contributed by atoms with Crippen LogP contribution in [-0.2, 0) is 19.2 Å². The number of hydrogen-bond donors (Lipinski definition) is 9. The van der Waals surface area contributed by atoms with Crippen molar-refractivity contribution in [2.75, 3.05) is 6.61 Å². The summed E-state index contributed by atoms with van der Waals surface area (Å²) < 4.78 is 0. The van der Waals surface area contributed by atoms with E-state index in [4.69, 9.17) is 48.5 Å². The summed E-state index contributed by atoms with van der Waals surface area (Å²) in [6.07, 6.45) is 1.91. The van der Waals surface area contributed by atoms with Gasteiger partial charge in [0.2, 0.25) is 0 Å². The van der Waals surface area contributed by atoms with Crippen LogP contribution in [0, 0.1) is 17.8 Å². The Hall–Kier alpha value is -2.32. The Balaban J connectivity index is -0.000000177. The molecule has 5 atom stereocenters. The fraction of sp³-hybridized carbons (Fsp3) is 0.810. The molecular weight excluding hydrogens is 452 g/mol. The van der Waals surface area contributed by atoms with Crippen molar-refractivity contribution in [3.63, 3.8) is 0 Å². The lowest BCUT2D eigenvalue weighted by Gasteiger charge is -2.11. The highest BCUT2D eigenvalue weighted by Crippen LogP contribution is 2.04. The van der Waals surface area contributed by atoms with Gasteiger partial charge in [-0.2, -0.15) is 0 Å². The van der Waals surface area contributed by atoms with E-state index in [1.807, 2.05) is 41.5 Å². The highest BCUT2D eigenvalue weighted by Gasteiger charge is 2.17. The Morgan fingerprint density at radius 3 is 0.971 bits per heavy atom. The van der Waals surface area contributed by atoms with Crippen molar-refractivity contribution in [2.45, 2.75) is 85.0 Å². The van der Waals surface area contributed by atoms with Crippen molar-refractivity contribution in [1.82, 2.24) is 0 Å². The molecule has 13 N–H and O–H groups in total. The second kappa shape index (κ2) is 22.5. The molecule has 0 aliphatic heterocycles. The number of aliphatic hydroxyl groups excluding tert-OH is 1. The first kappa shape index (κ1) is 38.9. The van der Waals surface area contributed by atoms with E-state index in [9.17, 15) is 19.2 Å². The van der Waals surface area contributed by atoms with E-state index < -0.39 is 54.7 Å². The molecule has 0 radical (unpaired) electrons. The predicted molar refractivity (Wildman–Crippen MR) is 128 cm³/mol. The monoisotopic (exact) mass is 498 g/mol. The van der Waals surface area contributed by atoms with Gasteiger partial charge in [0, 0.05) is 0 Å². The standard InChI is InChI=1S/3C6H13NO2.C3H7NO3/c2*1-4(2)3-5(7)6(8)9;1-3-4(2)5(7)6(8)9;4-2(1-5)3(6)7/h3*4-5H,3,7H2,1-2H3,(H,8,9);2,5H,1,4H2,(H,6,7). The van der Waals surface area contributed by atoms with Crippen molar-refractivity contribution in [3.8, 4) is 0 Å². The molecule has 0 rings (SSSR count). The maximum absolute atomic E-state index is 10.2. The smallest absolute Gasteiger partial charge is 0.322 e. The van der Waals surface area contributed by atoms with Gasteiger partial charge in [0.1, 0.15) is 24.2 Å². The molecule has 5 unspecified atom stereocenters. The minimum Gasteiger partial charge on any atom is -0.480 e. The summed E-state index contributed by atoms with van der Waals surface area (Å²) in [6.45, 7) is 11.0. The minimum atomic E-state index is -1.18. The van der Waals surface area contributed by atoms with Gasteiger partial charge < -0.3 is 48.5 Å². The summed E-state index contributed by atoms with van der Waals surface area (Å²) in [7, 11) is 0. The number of carboxylic acids is 4. The lowest BCUT2D eigenvalue weighted by atomic mass is 10.0. The van der Waals surface area contributed by atoms with Crippen molar-refractivity contribution in [3.05, 3.63) is 0 Å². The molecule has 0 aliphatic carbocycles. The van der Waals surface area contributed by atoms with Crippen molar-refractivity contribution >= 4 is 23.9 Å². The number of carboxylic acid groups (broad SMARTS) is 4. The molecule has 204 valence electrons. The summed E-state index contributed by atoms with van der Waals surface area (Å²) in [4.78, 5) is 40.0. The van der Waals surface area contributed by atoms with Crippen LogP contribution in [0.2, 0.25) is 0 Å². The van der Waals surface area contributed by atoms with Crippen LogP contribution in [0.4, 0.5) is 0 Å². The van der Waals surface area contributed by atoms with Gasteiger partial charge in [0.25, 0.3) is 0 Å². The zero-order chi connectivity index (χ0) is 28.2. The lowest BCUT2D eigenvalue weighted by molar-refractivity contribution is -0.140. The summed E-state index contributed by atoms with van der Waals surface area (Å²) in [5.41, 5.74) is 20.5. The molecule has 0 bridgehead atoms. The van der Waals surface area contributed by atoms with Crippen molar-refractivity contribution < 1.29 is 44.7 Å². The first-order chi connectivity index (χ1) is 15.3. The van der Waals surface area contributed by atoms with Gasteiger partial charge in [-0.25, -0.2) is 0 Å². The van der Waals surface area contributed by atoms with Gasteiger partial charge in [-0.15, -0.1) is 0 Å². The van der Waals surface area contributed by atoms with Crippen LogP contribution in [0.3, 0.4) is 0 Å². The Kier molecular flexibility index (Phi) is 25.7. The average molecular weight is 499 g/mol. The number of aliphatic carboxylic acids is 4. The van der Waals surface area contributed by atoms with Crippen LogP contribution in [-0.4, -0.2) is 80.2 Å². The lowest BCUT2D eigenvalue weighted by Crippen LogP contribution is -2.36. The zero-order valence-corrected chi connectivity index (χ0v) is 21.0. The van der Waals surface area contributed by atoms with E-state index in [2.05, 4.69) is 0 Å². The maximum atomic E-state index is 10.2. The highest BCUT2D eigenvalue weighted by molar-refractivity contribution is 5.74. The van der Waals surface area contributed by atoms with Crippen LogP contribution in [0.5, 0.6) is 0 Å². The molecule has 0 amide bonds. The molecule has 0 aliphatic rings. The molecule has 13 nitrogen and oxygen atoms in total. The molecule has 0 saturated heterocycles. The Morgan fingerprint density at radius 2 is 0.912 bits per heavy atom. The Labute approximate surface area is 201 Å². The highest BCUT2D eigenvalue weighted by atomic mass is 16.4. The third-order valence-corrected chi connectivity index (χ3v) is 4.14. The van der Waals surface area contributed by atoms with E-state index in [0.717, 1.165) is 6.42 Å². The molecule has 0 spiro atoms. The van der Waals surface area contributed by atoms with E-state index in [1.54, 1.807) is 0 Å². The Bertz CT molecular complexity index is 548. The number of hydrogen-bond acceptors (Lipinski definition) is 9. The molecule has 0 heterocycles. The van der Waals surface area contributed by atoms with Crippen molar-refractivity contribution in [2.24, 2.45) is 40.7 Å². The number of aliphatic hydroxyl groups is 1. The maximum Gasteiger partial charge on any atom is 0.322 e. The molecule has 0 aromatic rings. The van der Waals surface area contributed by atoms with Crippen LogP contribution in [0.25, 0.3) is 0 Å². The second-order valence-corrected chi connectivity index (χ2v) is 8.53. The fourth-order valence-electron chi connectivity index (χ4n) is 1.79. The third kappa shape index (κ3) is 27.7. The normalized spacial score (nSPS) is 14.5. The molecule has 13 heteroatoms. The molecule has 0 saturated carbocycles. The van der Waals surface area contributed by atoms with E-state index in [-0.39, 0.29) is 5.92 Å². The second-order valence-electron chi connectivity index (χ2n) is 8.53. The van der Waals surface area contributed by atoms with Crippen LogP contribution in [0.15, 0.2) is 0 Å². The van der Waals surface area contributed by atoms with E-state index >= 15 is 0 Å². The largest absolute Gasteiger partial charge is 0.480 e. The van der Waals surface area contributed by atoms with Crippen LogP contribution in [0.1, 0.15) is 60.8 Å². The molecule has 0 aromatic heterocycles. The quantitative estimate of drug-likeness (QED) is 0.177. The molecular formula is C21H46N4O9. The van der Waals surface area contributed by atoms with Gasteiger partial charge in [-0.1, -0.05) is 48.0 Å². The van der Waals surface area contributed by atoms with Gasteiger partial charge in [-0.05, 0) is 30.6 Å². The molecule has 34 heavy (non-hydrogen) atoms. The first-order valence-electron chi connectivity index (χ1n) is 10.9. The zero-order valence-electron chi connectivity index (χ0n) is 21.0. The van der Waals surface area contributed by atoms with Crippen LogP contribution >= 0.6 is 0 Å². The van der Waals surface area contributed by atoms with Gasteiger partial charge >= 0.3 is 23.9 Å². The average Bonchev–Trinajstić information content (AvgIpc) is 2.71. The topological polar surface area (TPSA) is 274 Å². The predicted octanol–water partition coefficient (Wildman–Crippen LogP) is -0.276. The molecule has 0 aromatic carbocycles. The van der Waals surface area contributed by atoms with Gasteiger partial charge in [-0.3, -0.25) is 19.2 Å². The summed E-state index contributed by atoms with van der Waals surface area (Å²) in [5, 5.41) is 40.9. The van der Waals surface area contributed by atoms with Gasteiger partial charge in [0.05, 0.1) is 6.61 Å². The summed E-state index contributed by atoms with van der Waals surface area (Å²) in [6, 6.07) is -3.20. The SMILES string of the molecule is CC(C)CC(N)C(=O)O.CC(C)CC(N)C(=O)O.CCC(C)C(N)C(=O)O.NC(CO)C(=O)O. The minimum absolute atomic E-state index is 0.0718. The summed E-state index contributed by atoms with van der Waals surface area (Å²) >= 11 is 0. The van der Waals surface area contributed by atoms with Crippen molar-refractivity contribution in [1.29, 1.82) is 0 Å². The first-order valence-corrected chi connectivity index (χ1v) is 10.9. The summed E-state index contributed by atoms with van der Waals surface area (Å²) in [5.74, 6) is -3.13. The van der Waals surface area contributed by atoms with E-state index in [0.29, 0.717) is 24.7 Å².